The van der Waals surface area contributed by atoms with Gasteiger partial charge in [-0.2, -0.15) is 0 Å². The van der Waals surface area contributed by atoms with E-state index in [2.05, 4.69) is 86.8 Å². The van der Waals surface area contributed by atoms with Crippen LogP contribution in [0.5, 0.6) is 0 Å². The van der Waals surface area contributed by atoms with Crippen molar-refractivity contribution in [1.29, 1.82) is 0 Å². The van der Waals surface area contributed by atoms with Crippen LogP contribution in [-0.2, 0) is 23.8 Å². The van der Waals surface area contributed by atoms with Crippen LogP contribution in [0.2, 0.25) is 0 Å². The molecule has 0 aliphatic carbocycles. The van der Waals surface area contributed by atoms with Crippen molar-refractivity contribution in [3.8, 4) is 0 Å². The molecule has 8 unspecified atom stereocenters. The average molecular weight is 1110 g/mol. The van der Waals surface area contributed by atoms with Crippen LogP contribution >= 0.6 is 0 Å². The van der Waals surface area contributed by atoms with Gasteiger partial charge < -0.3 is 45.1 Å². The summed E-state index contributed by atoms with van der Waals surface area (Å²) in [4.78, 5) is 26.6. The van der Waals surface area contributed by atoms with Crippen molar-refractivity contribution in [2.75, 3.05) is 13.2 Å². The topological polar surface area (TPSA) is 175 Å². The number of carbonyl (C=O) groups excluding carboxylic acids is 2. The van der Waals surface area contributed by atoms with Crippen LogP contribution in [0.25, 0.3) is 0 Å². The standard InChI is InChI=1S/C68H121NO10/c1-4-7-10-13-16-19-22-25-27-28-29-30-31-32-33-34-35-36-37-40-43-46-49-52-55-61(72)67(76)69-59(60(71)54-51-48-45-42-39-24-21-18-15-12-9-6-3)58-77-68-66(65(75)64(74)62(57-70)78-68)79-63(73)56-53-50-47-44-41-38-26-23-20-17-14-11-8-5-2/h8,11,16-17,19-20,25-27,38,51,54,59-62,64-66,68,70-72,74-75H,4-7,9-10,12-15,18,21-24,28-37,39-50,52-53,55-58H2,1-3H3,(H,69,76)/b11-8+,19-16-,20-17+,27-25-,38-26+,54-51+. The molecule has 0 radical (unpaired) electrons. The van der Waals surface area contributed by atoms with E-state index in [0.717, 1.165) is 89.9 Å². The van der Waals surface area contributed by atoms with E-state index < -0.39 is 67.4 Å². The number of unbranched alkanes of at least 4 members (excludes halogenated alkanes) is 31. The summed E-state index contributed by atoms with van der Waals surface area (Å²) in [5, 5.41) is 57.0. The summed E-state index contributed by atoms with van der Waals surface area (Å²) < 4.78 is 17.6. The molecule has 1 rings (SSSR count). The maximum absolute atomic E-state index is 13.5. The summed E-state index contributed by atoms with van der Waals surface area (Å²) in [6.45, 7) is 5.65. The lowest BCUT2D eigenvalue weighted by atomic mass is 9.99. The molecule has 1 fully saturated rings. The quantitative estimate of drug-likeness (QED) is 0.0195. The number of carbonyl (C=O) groups is 2. The Balaban J connectivity index is 2.61. The largest absolute Gasteiger partial charge is 0.454 e. The Bertz CT molecular complexity index is 1560. The fourth-order valence-electron chi connectivity index (χ4n) is 9.93. The van der Waals surface area contributed by atoms with E-state index in [1.807, 2.05) is 6.08 Å². The molecule has 1 aliphatic heterocycles. The first-order valence-electron chi connectivity index (χ1n) is 32.7. The number of hydrogen-bond acceptors (Lipinski definition) is 10. The van der Waals surface area contributed by atoms with Gasteiger partial charge in [-0.05, 0) is 89.9 Å². The molecule has 1 heterocycles. The maximum Gasteiger partial charge on any atom is 0.306 e. The maximum atomic E-state index is 13.5. The monoisotopic (exact) mass is 1110 g/mol. The van der Waals surface area contributed by atoms with E-state index >= 15 is 0 Å². The zero-order chi connectivity index (χ0) is 57.5. The number of esters is 1. The first-order valence-corrected chi connectivity index (χ1v) is 32.7. The highest BCUT2D eigenvalue weighted by atomic mass is 16.7. The lowest BCUT2D eigenvalue weighted by Gasteiger charge is -2.41. The Morgan fingerprint density at radius 1 is 0.506 bits per heavy atom. The van der Waals surface area contributed by atoms with E-state index in [-0.39, 0.29) is 19.4 Å². The third-order valence-electron chi connectivity index (χ3n) is 15.1. The van der Waals surface area contributed by atoms with Crippen molar-refractivity contribution in [2.45, 2.75) is 333 Å². The third-order valence-corrected chi connectivity index (χ3v) is 15.1. The molecule has 0 aromatic heterocycles. The van der Waals surface area contributed by atoms with Gasteiger partial charge in [0.15, 0.2) is 12.4 Å². The van der Waals surface area contributed by atoms with E-state index in [1.54, 1.807) is 6.08 Å². The van der Waals surface area contributed by atoms with Gasteiger partial charge in [0.2, 0.25) is 5.91 Å². The second-order valence-corrected chi connectivity index (χ2v) is 22.5. The molecule has 0 aromatic rings. The zero-order valence-corrected chi connectivity index (χ0v) is 50.7. The number of allylic oxidation sites excluding steroid dienone is 11. The number of rotatable bonds is 55. The van der Waals surface area contributed by atoms with E-state index in [4.69, 9.17) is 14.2 Å². The molecule has 1 amide bonds. The Hall–Kier alpha value is -2.90. The van der Waals surface area contributed by atoms with Gasteiger partial charge in [-0.3, -0.25) is 9.59 Å². The van der Waals surface area contributed by atoms with Crippen LogP contribution in [0.15, 0.2) is 72.9 Å². The van der Waals surface area contributed by atoms with Crippen molar-refractivity contribution in [2.24, 2.45) is 0 Å². The minimum absolute atomic E-state index is 0.0963. The van der Waals surface area contributed by atoms with Gasteiger partial charge >= 0.3 is 5.97 Å². The second-order valence-electron chi connectivity index (χ2n) is 22.5. The first-order chi connectivity index (χ1) is 38.7. The van der Waals surface area contributed by atoms with Crippen LogP contribution in [-0.4, -0.2) is 99.6 Å². The number of amides is 1. The molecule has 11 nitrogen and oxygen atoms in total. The molecule has 458 valence electrons. The molecule has 1 saturated heterocycles. The van der Waals surface area contributed by atoms with Gasteiger partial charge in [0, 0.05) is 6.42 Å². The fraction of sp³-hybridized carbons (Fsp3) is 0.794. The summed E-state index contributed by atoms with van der Waals surface area (Å²) in [5.74, 6) is -1.22. The van der Waals surface area contributed by atoms with Crippen LogP contribution in [0.3, 0.4) is 0 Å². The highest BCUT2D eigenvalue weighted by molar-refractivity contribution is 5.80. The molecule has 6 N–H and O–H groups in total. The van der Waals surface area contributed by atoms with Crippen molar-refractivity contribution >= 4 is 11.9 Å². The molecule has 0 spiro atoms. The molecule has 0 saturated carbocycles. The van der Waals surface area contributed by atoms with E-state index in [1.165, 1.54) is 148 Å². The third kappa shape index (κ3) is 43.5. The summed E-state index contributed by atoms with van der Waals surface area (Å²) >= 11 is 0. The molecule has 8 atom stereocenters. The van der Waals surface area contributed by atoms with Crippen LogP contribution < -0.4 is 5.32 Å². The minimum atomic E-state index is -1.62. The molecule has 0 aromatic carbocycles. The highest BCUT2D eigenvalue weighted by Gasteiger charge is 2.47. The predicted octanol–water partition coefficient (Wildman–Crippen LogP) is 16.0. The van der Waals surface area contributed by atoms with Gasteiger partial charge in [-0.25, -0.2) is 0 Å². The summed E-state index contributed by atoms with van der Waals surface area (Å²) in [6, 6.07) is -1.03. The Kier molecular flexibility index (Phi) is 52.2. The molecule has 79 heavy (non-hydrogen) atoms. The highest BCUT2D eigenvalue weighted by Crippen LogP contribution is 2.26. The minimum Gasteiger partial charge on any atom is -0.454 e. The fourth-order valence-corrected chi connectivity index (χ4v) is 9.93. The molecule has 11 heteroatoms. The van der Waals surface area contributed by atoms with Gasteiger partial charge in [0.05, 0.1) is 25.4 Å². The lowest BCUT2D eigenvalue weighted by Crippen LogP contribution is -2.61. The van der Waals surface area contributed by atoms with E-state index in [0.29, 0.717) is 12.8 Å². The van der Waals surface area contributed by atoms with Gasteiger partial charge in [0.25, 0.3) is 0 Å². The molecular weight excluding hydrogens is 991 g/mol. The number of ether oxygens (including phenoxy) is 3. The van der Waals surface area contributed by atoms with E-state index in [9.17, 15) is 35.1 Å². The summed E-state index contributed by atoms with van der Waals surface area (Å²) in [6.07, 6.45) is 60.9. The normalized spacial score (nSPS) is 19.3. The second kappa shape index (κ2) is 55.6. The Morgan fingerprint density at radius 2 is 0.911 bits per heavy atom. The number of aliphatic hydroxyl groups is 5. The summed E-state index contributed by atoms with van der Waals surface area (Å²) in [5.41, 5.74) is 0. The molecular formula is C68H121NO10. The molecule has 1 aliphatic rings. The zero-order valence-electron chi connectivity index (χ0n) is 50.7. The Morgan fingerprint density at radius 3 is 1.39 bits per heavy atom. The summed E-state index contributed by atoms with van der Waals surface area (Å²) in [7, 11) is 0. The smallest absolute Gasteiger partial charge is 0.306 e. The van der Waals surface area contributed by atoms with Gasteiger partial charge in [-0.1, -0.05) is 261 Å². The van der Waals surface area contributed by atoms with Crippen LogP contribution in [0, 0.1) is 0 Å². The molecule has 0 bridgehead atoms. The lowest BCUT2D eigenvalue weighted by molar-refractivity contribution is -0.305. The van der Waals surface area contributed by atoms with Gasteiger partial charge in [0.1, 0.15) is 24.4 Å². The number of hydrogen-bond donors (Lipinski definition) is 6. The predicted molar refractivity (Wildman–Crippen MR) is 329 cm³/mol. The van der Waals surface area contributed by atoms with Crippen molar-refractivity contribution in [3.05, 3.63) is 72.9 Å². The average Bonchev–Trinajstić information content (AvgIpc) is 3.49. The number of aliphatic hydroxyl groups excluding tert-OH is 5. The SMILES string of the molecule is CC/C=C/C/C=C/C/C=C/CCCCCCC(=O)OC1C(OCC(NC(=O)C(O)CCCCCCCCCCCCCCCC/C=C\C/C=C\CCCCC)C(O)/C=C/CCCCCCCCCCCC)OC(CO)C(O)C1O. The van der Waals surface area contributed by atoms with Crippen LogP contribution in [0.1, 0.15) is 284 Å². The van der Waals surface area contributed by atoms with Crippen molar-refractivity contribution < 1.29 is 49.3 Å². The number of nitrogens with one attached hydrogen (secondary N) is 1. The van der Waals surface area contributed by atoms with Crippen molar-refractivity contribution in [1.82, 2.24) is 5.32 Å². The van der Waals surface area contributed by atoms with Gasteiger partial charge in [-0.15, -0.1) is 0 Å². The Labute approximate surface area is 483 Å². The van der Waals surface area contributed by atoms with Crippen LogP contribution in [0.4, 0.5) is 0 Å². The van der Waals surface area contributed by atoms with Crippen molar-refractivity contribution in [3.63, 3.8) is 0 Å². The first kappa shape index (κ1) is 74.1.